The zero-order valence-electron chi connectivity index (χ0n) is 12.1. The molecule has 0 bridgehead atoms. The Hall–Kier alpha value is -2.36. The third kappa shape index (κ3) is 3.81. The predicted molar refractivity (Wildman–Crippen MR) is 81.9 cm³/mol. The topological polar surface area (TPSA) is 59.3 Å². The van der Waals surface area contributed by atoms with E-state index in [9.17, 15) is 9.59 Å². The van der Waals surface area contributed by atoms with Gasteiger partial charge in [-0.15, -0.1) is 0 Å². The third-order valence-electron chi connectivity index (χ3n) is 3.64. The van der Waals surface area contributed by atoms with Crippen molar-refractivity contribution in [1.82, 2.24) is 4.57 Å². The van der Waals surface area contributed by atoms with Crippen molar-refractivity contribution in [2.24, 2.45) is 0 Å². The highest BCUT2D eigenvalue weighted by Crippen LogP contribution is 2.11. The summed E-state index contributed by atoms with van der Waals surface area (Å²) in [7, 11) is 0. The summed E-state index contributed by atoms with van der Waals surface area (Å²) in [5, 5.41) is 8.90. The summed E-state index contributed by atoms with van der Waals surface area (Å²) in [6.07, 6.45) is 3.48. The Labute approximate surface area is 123 Å². The Morgan fingerprint density at radius 2 is 1.67 bits per heavy atom. The van der Waals surface area contributed by atoms with Gasteiger partial charge in [0.05, 0.1) is 0 Å². The van der Waals surface area contributed by atoms with Crippen molar-refractivity contribution in [2.45, 2.75) is 32.6 Å². The quantitative estimate of drug-likeness (QED) is 0.858. The minimum atomic E-state index is -1.23. The minimum absolute atomic E-state index is 0.430. The fourth-order valence-electron chi connectivity index (χ4n) is 2.40. The van der Waals surface area contributed by atoms with E-state index in [0.29, 0.717) is 12.0 Å². The van der Waals surface area contributed by atoms with Gasteiger partial charge in [0.25, 0.3) is 5.56 Å². The van der Waals surface area contributed by atoms with Crippen LogP contribution < -0.4 is 5.56 Å². The predicted octanol–water partition coefficient (Wildman–Crippen LogP) is 3.25. The maximum absolute atomic E-state index is 11.9. The molecule has 0 radical (unpaired) electrons. The van der Waals surface area contributed by atoms with E-state index in [1.165, 1.54) is 17.3 Å². The Kier molecular flexibility index (Phi) is 4.93. The first kappa shape index (κ1) is 15.0. The molecule has 0 aliphatic rings. The normalized spacial score (nSPS) is 10.5. The van der Waals surface area contributed by atoms with Crippen molar-refractivity contribution in [1.29, 1.82) is 0 Å². The van der Waals surface area contributed by atoms with Crippen molar-refractivity contribution >= 4 is 6.09 Å². The van der Waals surface area contributed by atoms with Crippen LogP contribution in [0.3, 0.4) is 0 Å². The second-order valence-corrected chi connectivity index (χ2v) is 5.12. The molecule has 1 aromatic heterocycles. The van der Waals surface area contributed by atoms with E-state index in [4.69, 9.17) is 5.11 Å². The van der Waals surface area contributed by atoms with E-state index in [1.54, 1.807) is 12.1 Å². The first-order chi connectivity index (χ1) is 10.1. The highest BCUT2D eigenvalue weighted by molar-refractivity contribution is 5.67. The molecule has 0 saturated heterocycles. The molecule has 0 aliphatic carbocycles. The second kappa shape index (κ2) is 6.88. The average Bonchev–Trinajstić information content (AvgIpc) is 2.46. The molecule has 0 aliphatic heterocycles. The SMILES string of the molecule is Cc1ccccc1CCCCc1cccn(C(=O)O)c1=O. The van der Waals surface area contributed by atoms with Crippen LogP contribution in [0.15, 0.2) is 47.4 Å². The lowest BCUT2D eigenvalue weighted by molar-refractivity contribution is 0.195. The number of pyridine rings is 1. The summed E-state index contributed by atoms with van der Waals surface area (Å²) < 4.78 is 0.733. The first-order valence-corrected chi connectivity index (χ1v) is 7.08. The maximum Gasteiger partial charge on any atom is 0.418 e. The molecule has 4 nitrogen and oxygen atoms in total. The van der Waals surface area contributed by atoms with Crippen LogP contribution in [0, 0.1) is 6.92 Å². The molecule has 1 N–H and O–H groups in total. The molecular weight excluding hydrogens is 266 g/mol. The van der Waals surface area contributed by atoms with Crippen LogP contribution in [0.25, 0.3) is 0 Å². The highest BCUT2D eigenvalue weighted by atomic mass is 16.4. The van der Waals surface area contributed by atoms with Gasteiger partial charge in [-0.2, -0.15) is 0 Å². The molecule has 0 unspecified atom stereocenters. The molecule has 0 amide bonds. The minimum Gasteiger partial charge on any atom is -0.464 e. The molecule has 2 rings (SSSR count). The summed E-state index contributed by atoms with van der Waals surface area (Å²) in [4.78, 5) is 22.8. The first-order valence-electron chi connectivity index (χ1n) is 7.08. The summed E-state index contributed by atoms with van der Waals surface area (Å²) in [5.41, 5.74) is 2.74. The summed E-state index contributed by atoms with van der Waals surface area (Å²) in [6, 6.07) is 11.6. The van der Waals surface area contributed by atoms with Gasteiger partial charge in [-0.05, 0) is 49.8 Å². The lowest BCUT2D eigenvalue weighted by Gasteiger charge is -2.06. The van der Waals surface area contributed by atoms with Crippen LogP contribution in [-0.4, -0.2) is 15.8 Å². The third-order valence-corrected chi connectivity index (χ3v) is 3.64. The number of nitrogens with zero attached hydrogens (tertiary/aromatic N) is 1. The van der Waals surface area contributed by atoms with Crippen molar-refractivity contribution in [3.05, 3.63) is 69.6 Å². The Bertz CT molecular complexity index is 688. The molecule has 0 fully saturated rings. The van der Waals surface area contributed by atoms with E-state index in [2.05, 4.69) is 19.1 Å². The number of hydrogen-bond donors (Lipinski definition) is 1. The van der Waals surface area contributed by atoms with E-state index < -0.39 is 11.7 Å². The number of rotatable bonds is 5. The van der Waals surface area contributed by atoms with Crippen molar-refractivity contribution in [3.8, 4) is 0 Å². The Morgan fingerprint density at radius 1 is 1.05 bits per heavy atom. The van der Waals surface area contributed by atoms with Crippen LogP contribution in [0.1, 0.15) is 29.5 Å². The van der Waals surface area contributed by atoms with Crippen LogP contribution in [-0.2, 0) is 12.8 Å². The summed E-state index contributed by atoms with van der Waals surface area (Å²) >= 11 is 0. The van der Waals surface area contributed by atoms with Crippen LogP contribution in [0.2, 0.25) is 0 Å². The highest BCUT2D eigenvalue weighted by Gasteiger charge is 2.07. The van der Waals surface area contributed by atoms with Gasteiger partial charge in [0.2, 0.25) is 0 Å². The number of carbonyl (C=O) groups is 1. The van der Waals surface area contributed by atoms with Gasteiger partial charge >= 0.3 is 6.09 Å². The smallest absolute Gasteiger partial charge is 0.418 e. The van der Waals surface area contributed by atoms with E-state index in [-0.39, 0.29) is 0 Å². The number of hydrogen-bond acceptors (Lipinski definition) is 2. The zero-order valence-corrected chi connectivity index (χ0v) is 12.1. The molecular formula is C17H19NO3. The molecule has 0 spiro atoms. The molecule has 110 valence electrons. The molecule has 1 aromatic carbocycles. The molecule has 2 aromatic rings. The maximum atomic E-state index is 11.9. The summed E-state index contributed by atoms with van der Waals surface area (Å²) in [5.74, 6) is 0. The van der Waals surface area contributed by atoms with Crippen molar-refractivity contribution in [2.75, 3.05) is 0 Å². The molecule has 21 heavy (non-hydrogen) atoms. The van der Waals surface area contributed by atoms with Crippen LogP contribution in [0.5, 0.6) is 0 Å². The van der Waals surface area contributed by atoms with Crippen LogP contribution >= 0.6 is 0 Å². The Balaban J connectivity index is 1.93. The van der Waals surface area contributed by atoms with Gasteiger partial charge in [0.1, 0.15) is 0 Å². The van der Waals surface area contributed by atoms with E-state index >= 15 is 0 Å². The second-order valence-electron chi connectivity index (χ2n) is 5.12. The summed E-state index contributed by atoms with van der Waals surface area (Å²) in [6.45, 7) is 2.10. The van der Waals surface area contributed by atoms with Gasteiger partial charge < -0.3 is 5.11 Å². The monoisotopic (exact) mass is 285 g/mol. The van der Waals surface area contributed by atoms with Crippen molar-refractivity contribution < 1.29 is 9.90 Å². The lowest BCUT2D eigenvalue weighted by atomic mass is 10.0. The number of carboxylic acid groups (broad SMARTS) is 1. The van der Waals surface area contributed by atoms with E-state index in [1.807, 2.05) is 12.1 Å². The fourth-order valence-corrected chi connectivity index (χ4v) is 2.40. The Morgan fingerprint density at radius 3 is 2.33 bits per heavy atom. The van der Waals surface area contributed by atoms with Gasteiger partial charge in [-0.1, -0.05) is 30.3 Å². The van der Waals surface area contributed by atoms with E-state index in [0.717, 1.165) is 23.8 Å². The van der Waals surface area contributed by atoms with Crippen LogP contribution in [0.4, 0.5) is 4.79 Å². The van der Waals surface area contributed by atoms with Gasteiger partial charge in [-0.3, -0.25) is 4.79 Å². The molecule has 1 heterocycles. The lowest BCUT2D eigenvalue weighted by Crippen LogP contribution is -2.27. The van der Waals surface area contributed by atoms with Gasteiger partial charge in [0, 0.05) is 11.8 Å². The van der Waals surface area contributed by atoms with Gasteiger partial charge in [-0.25, -0.2) is 9.36 Å². The number of benzene rings is 1. The molecule has 0 saturated carbocycles. The van der Waals surface area contributed by atoms with Crippen molar-refractivity contribution in [3.63, 3.8) is 0 Å². The fraction of sp³-hybridized carbons (Fsp3) is 0.294. The number of aryl methyl sites for hydroxylation is 3. The largest absolute Gasteiger partial charge is 0.464 e. The number of unbranched alkanes of at least 4 members (excludes halogenated alkanes) is 1. The zero-order chi connectivity index (χ0) is 15.2. The molecule has 4 heteroatoms. The standard InChI is InChI=1S/C17H19NO3/c1-13-7-2-3-8-14(13)9-4-5-10-15-11-6-12-18(16(15)19)17(20)21/h2-3,6-8,11-12H,4-5,9-10H2,1H3,(H,20,21). The average molecular weight is 285 g/mol. The van der Waals surface area contributed by atoms with Gasteiger partial charge in [0.15, 0.2) is 0 Å². The number of aromatic nitrogens is 1. The molecule has 0 atom stereocenters.